The van der Waals surface area contributed by atoms with Gasteiger partial charge in [-0.1, -0.05) is 6.07 Å². The van der Waals surface area contributed by atoms with E-state index in [-0.39, 0.29) is 24.5 Å². The van der Waals surface area contributed by atoms with Crippen molar-refractivity contribution in [3.63, 3.8) is 0 Å². The number of pyridine rings is 1. The highest BCUT2D eigenvalue weighted by Crippen LogP contribution is 2.39. The van der Waals surface area contributed by atoms with Crippen molar-refractivity contribution >= 4 is 11.8 Å². The lowest BCUT2D eigenvalue weighted by Gasteiger charge is -2.40. The van der Waals surface area contributed by atoms with Gasteiger partial charge in [-0.25, -0.2) is 0 Å². The summed E-state index contributed by atoms with van der Waals surface area (Å²) in [6.07, 6.45) is 6.88. The zero-order chi connectivity index (χ0) is 17.9. The Morgan fingerprint density at radius 1 is 1.31 bits per heavy atom. The van der Waals surface area contributed by atoms with Gasteiger partial charge in [0.15, 0.2) is 6.10 Å². The second-order valence-electron chi connectivity index (χ2n) is 7.43. The summed E-state index contributed by atoms with van der Waals surface area (Å²) in [5.41, 5.74) is 0.856. The fourth-order valence-corrected chi connectivity index (χ4v) is 3.95. The normalized spacial score (nSPS) is 27.4. The van der Waals surface area contributed by atoms with Crippen LogP contribution < -0.4 is 10.6 Å². The molecule has 0 bridgehead atoms. The maximum absolute atomic E-state index is 12.9. The van der Waals surface area contributed by atoms with Crippen molar-refractivity contribution in [2.24, 2.45) is 5.92 Å². The van der Waals surface area contributed by atoms with Crippen molar-refractivity contribution in [3.8, 4) is 0 Å². The minimum absolute atomic E-state index is 0.0291. The van der Waals surface area contributed by atoms with Crippen molar-refractivity contribution in [2.75, 3.05) is 26.2 Å². The Bertz CT molecular complexity index is 643. The number of piperidine rings is 1. The molecular formula is C19H26N4O3. The fraction of sp³-hybridized carbons (Fsp3) is 0.632. The first-order valence-electron chi connectivity index (χ1n) is 9.55. The van der Waals surface area contributed by atoms with E-state index in [1.165, 1.54) is 0 Å². The largest absolute Gasteiger partial charge is 0.356 e. The summed E-state index contributed by atoms with van der Waals surface area (Å²) < 4.78 is 5.72. The molecule has 3 fully saturated rings. The summed E-state index contributed by atoms with van der Waals surface area (Å²) in [4.78, 5) is 31.4. The highest BCUT2D eigenvalue weighted by atomic mass is 16.5. The Labute approximate surface area is 153 Å². The molecule has 7 heteroatoms. The standard InChI is InChI=1S/C19H26N4O3/c24-16-12-26-18(19(25)22-10-13-5-8-20-9-6-13)17(23(16)15-3-4-15)14-2-1-7-21-11-14/h1-2,7,11,13,15,17-18,20H,3-6,8-10,12H2,(H,22,25)/t17-,18+/m1/s1. The zero-order valence-corrected chi connectivity index (χ0v) is 14.9. The van der Waals surface area contributed by atoms with Gasteiger partial charge in [0.2, 0.25) is 5.91 Å². The second-order valence-corrected chi connectivity index (χ2v) is 7.43. The molecule has 2 N–H and O–H groups in total. The third-order valence-corrected chi connectivity index (χ3v) is 5.51. The first-order valence-corrected chi connectivity index (χ1v) is 9.55. The third-order valence-electron chi connectivity index (χ3n) is 5.51. The average Bonchev–Trinajstić information content (AvgIpc) is 3.52. The lowest BCUT2D eigenvalue weighted by atomic mass is 9.96. The topological polar surface area (TPSA) is 83.6 Å². The Hall–Kier alpha value is -1.99. The molecule has 2 atom stereocenters. The molecule has 26 heavy (non-hydrogen) atoms. The van der Waals surface area contributed by atoms with E-state index in [0.717, 1.165) is 44.3 Å². The van der Waals surface area contributed by atoms with E-state index < -0.39 is 12.1 Å². The van der Waals surface area contributed by atoms with Crippen LogP contribution in [-0.2, 0) is 14.3 Å². The molecule has 0 aromatic carbocycles. The molecule has 140 valence electrons. The molecule has 1 aromatic rings. The van der Waals surface area contributed by atoms with Crippen LogP contribution in [0.5, 0.6) is 0 Å². The number of amides is 2. The van der Waals surface area contributed by atoms with Crippen molar-refractivity contribution < 1.29 is 14.3 Å². The highest BCUT2D eigenvalue weighted by molar-refractivity contribution is 5.86. The van der Waals surface area contributed by atoms with Gasteiger partial charge in [-0.2, -0.15) is 0 Å². The maximum Gasteiger partial charge on any atom is 0.251 e. The third kappa shape index (κ3) is 3.73. The quantitative estimate of drug-likeness (QED) is 0.807. The van der Waals surface area contributed by atoms with Crippen LogP contribution in [0.4, 0.5) is 0 Å². The minimum atomic E-state index is -0.681. The van der Waals surface area contributed by atoms with E-state index in [2.05, 4.69) is 15.6 Å². The summed E-state index contributed by atoms with van der Waals surface area (Å²) in [7, 11) is 0. The summed E-state index contributed by atoms with van der Waals surface area (Å²) in [5, 5.41) is 6.40. The lowest BCUT2D eigenvalue weighted by molar-refractivity contribution is -0.165. The molecular weight excluding hydrogens is 332 g/mol. The number of nitrogens with one attached hydrogen (secondary N) is 2. The first kappa shape index (κ1) is 17.4. The number of hydrogen-bond donors (Lipinski definition) is 2. The van der Waals surface area contributed by atoms with Gasteiger partial charge in [-0.3, -0.25) is 14.6 Å². The Morgan fingerprint density at radius 3 is 2.81 bits per heavy atom. The van der Waals surface area contributed by atoms with Crippen LogP contribution in [0, 0.1) is 5.92 Å². The fourth-order valence-electron chi connectivity index (χ4n) is 3.95. The molecule has 3 aliphatic rings. The van der Waals surface area contributed by atoms with Gasteiger partial charge in [0.05, 0.1) is 6.04 Å². The second kappa shape index (κ2) is 7.72. The van der Waals surface area contributed by atoms with Crippen LogP contribution in [0.2, 0.25) is 0 Å². The Kier molecular flexibility index (Phi) is 5.17. The molecule has 0 spiro atoms. The molecule has 7 nitrogen and oxygen atoms in total. The van der Waals surface area contributed by atoms with Gasteiger partial charge in [-0.15, -0.1) is 0 Å². The van der Waals surface area contributed by atoms with Gasteiger partial charge in [0.25, 0.3) is 5.91 Å². The van der Waals surface area contributed by atoms with E-state index in [4.69, 9.17) is 4.74 Å². The minimum Gasteiger partial charge on any atom is -0.356 e. The van der Waals surface area contributed by atoms with E-state index in [9.17, 15) is 9.59 Å². The van der Waals surface area contributed by atoms with E-state index in [1.54, 1.807) is 12.4 Å². The molecule has 1 saturated carbocycles. The number of nitrogens with zero attached hydrogens (tertiary/aromatic N) is 2. The summed E-state index contributed by atoms with van der Waals surface area (Å²) >= 11 is 0. The van der Waals surface area contributed by atoms with Crippen molar-refractivity contribution in [1.29, 1.82) is 0 Å². The number of morpholine rings is 1. The van der Waals surface area contributed by atoms with Crippen LogP contribution in [-0.4, -0.2) is 60.1 Å². The van der Waals surface area contributed by atoms with Crippen LogP contribution in [0.15, 0.2) is 24.5 Å². The molecule has 2 aliphatic heterocycles. The number of rotatable bonds is 5. The summed E-state index contributed by atoms with van der Waals surface area (Å²) in [5.74, 6) is 0.334. The van der Waals surface area contributed by atoms with Crippen LogP contribution in [0.3, 0.4) is 0 Å². The average molecular weight is 358 g/mol. The molecule has 2 saturated heterocycles. The lowest BCUT2D eigenvalue weighted by Crippen LogP contribution is -2.55. The van der Waals surface area contributed by atoms with Crippen molar-refractivity contribution in [3.05, 3.63) is 30.1 Å². The molecule has 3 heterocycles. The zero-order valence-electron chi connectivity index (χ0n) is 14.9. The Balaban J connectivity index is 1.50. The molecule has 1 aromatic heterocycles. The van der Waals surface area contributed by atoms with Crippen LogP contribution in [0.25, 0.3) is 0 Å². The smallest absolute Gasteiger partial charge is 0.251 e. The van der Waals surface area contributed by atoms with E-state index >= 15 is 0 Å². The summed E-state index contributed by atoms with van der Waals surface area (Å²) in [6.45, 7) is 2.64. The van der Waals surface area contributed by atoms with Gasteiger partial charge < -0.3 is 20.3 Å². The van der Waals surface area contributed by atoms with Gasteiger partial charge >= 0.3 is 0 Å². The summed E-state index contributed by atoms with van der Waals surface area (Å²) in [6, 6.07) is 3.58. The van der Waals surface area contributed by atoms with Gasteiger partial charge in [0.1, 0.15) is 6.61 Å². The first-order chi connectivity index (χ1) is 12.7. The van der Waals surface area contributed by atoms with Crippen molar-refractivity contribution in [2.45, 2.75) is 43.9 Å². The monoisotopic (exact) mass is 358 g/mol. The highest BCUT2D eigenvalue weighted by Gasteiger charge is 2.47. The van der Waals surface area contributed by atoms with Crippen LogP contribution in [0.1, 0.15) is 37.3 Å². The maximum atomic E-state index is 12.9. The number of aromatic nitrogens is 1. The number of carbonyl (C=O) groups excluding carboxylic acids is 2. The molecule has 2 amide bonds. The van der Waals surface area contributed by atoms with Gasteiger partial charge in [0, 0.05) is 25.0 Å². The number of carbonyl (C=O) groups is 2. The van der Waals surface area contributed by atoms with E-state index in [0.29, 0.717) is 12.5 Å². The van der Waals surface area contributed by atoms with Crippen LogP contribution >= 0.6 is 0 Å². The molecule has 4 rings (SSSR count). The van der Waals surface area contributed by atoms with E-state index in [1.807, 2.05) is 17.0 Å². The molecule has 1 aliphatic carbocycles. The molecule has 0 unspecified atom stereocenters. The SMILES string of the molecule is O=C(NCC1CCNCC1)[C@H]1OCC(=O)N(C2CC2)[C@@H]1c1cccnc1. The Morgan fingerprint density at radius 2 is 2.12 bits per heavy atom. The molecule has 0 radical (unpaired) electrons. The van der Waals surface area contributed by atoms with Gasteiger partial charge in [-0.05, 0) is 56.3 Å². The predicted molar refractivity (Wildman–Crippen MR) is 95.2 cm³/mol. The number of ether oxygens (including phenoxy) is 1. The number of hydrogen-bond acceptors (Lipinski definition) is 5. The predicted octanol–water partition coefficient (Wildman–Crippen LogP) is 0.628. The van der Waals surface area contributed by atoms with Crippen molar-refractivity contribution in [1.82, 2.24) is 20.5 Å².